The van der Waals surface area contributed by atoms with Gasteiger partial charge in [-0.05, 0) is 78.0 Å². The third-order valence-corrected chi connectivity index (χ3v) is 4.12. The van der Waals surface area contributed by atoms with Crippen LogP contribution >= 0.6 is 15.9 Å². The number of methoxy groups -OCH3 is 2. The summed E-state index contributed by atoms with van der Waals surface area (Å²) in [5, 5.41) is 0. The van der Waals surface area contributed by atoms with Gasteiger partial charge >= 0.3 is 11.9 Å². The van der Waals surface area contributed by atoms with E-state index in [9.17, 15) is 9.59 Å². The average molecular weight is 463 g/mol. The summed E-state index contributed by atoms with van der Waals surface area (Å²) in [5.41, 5.74) is 2.76. The van der Waals surface area contributed by atoms with Crippen LogP contribution in [0.15, 0.2) is 48.5 Å². The molecule has 0 heterocycles. The smallest absolute Gasteiger partial charge is 0.337 e. The van der Waals surface area contributed by atoms with Gasteiger partial charge in [0.15, 0.2) is 0 Å². The molecule has 0 aromatic heterocycles. The van der Waals surface area contributed by atoms with Gasteiger partial charge in [-0.1, -0.05) is 17.8 Å². The molecule has 2 aromatic rings. The first-order valence-electron chi connectivity index (χ1n) is 9.07. The molecule has 0 aliphatic heterocycles. The van der Waals surface area contributed by atoms with E-state index in [1.807, 2.05) is 0 Å². The van der Waals surface area contributed by atoms with E-state index in [1.165, 1.54) is 27.1 Å². The summed E-state index contributed by atoms with van der Waals surface area (Å²) in [7, 11) is 2.72. The van der Waals surface area contributed by atoms with Crippen molar-refractivity contribution in [1.82, 2.24) is 0 Å². The third-order valence-electron chi connectivity index (χ3n) is 3.93. The molecular weight excluding hydrogens is 444 g/mol. The summed E-state index contributed by atoms with van der Waals surface area (Å²) in [5.74, 6) is 14.4. The lowest BCUT2D eigenvalue weighted by atomic mass is 10.1. The Balaban J connectivity index is 0.000000222. The van der Waals surface area contributed by atoms with Crippen LogP contribution in [-0.4, -0.2) is 26.2 Å². The van der Waals surface area contributed by atoms with Crippen LogP contribution in [0, 0.1) is 40.3 Å². The topological polar surface area (TPSA) is 52.6 Å². The van der Waals surface area contributed by atoms with Gasteiger partial charge in [-0.25, -0.2) is 9.59 Å². The van der Waals surface area contributed by atoms with E-state index in [4.69, 9.17) is 0 Å². The molecule has 0 N–H and O–H groups in total. The molecule has 0 amide bonds. The fourth-order valence-electron chi connectivity index (χ4n) is 2.14. The van der Waals surface area contributed by atoms with Crippen LogP contribution in [0.4, 0.5) is 0 Å². The second-order valence-electron chi connectivity index (χ2n) is 6.15. The number of carbonyl (C=O) groups excluding carboxylic acids is 2. The molecule has 1 fully saturated rings. The lowest BCUT2D eigenvalue weighted by molar-refractivity contribution is 0.0592. The highest BCUT2D eigenvalue weighted by molar-refractivity contribution is 9.12. The second-order valence-corrected chi connectivity index (χ2v) is 6.55. The summed E-state index contributed by atoms with van der Waals surface area (Å²) in [6.45, 7) is 0. The van der Waals surface area contributed by atoms with Crippen LogP contribution < -0.4 is 0 Å². The molecule has 0 atom stereocenters. The van der Waals surface area contributed by atoms with Gasteiger partial charge in [0.05, 0.1) is 25.3 Å². The maximum Gasteiger partial charge on any atom is 0.337 e. The quantitative estimate of drug-likeness (QED) is 0.489. The molecule has 1 aliphatic rings. The van der Waals surface area contributed by atoms with Crippen molar-refractivity contribution in [1.29, 1.82) is 0 Å². The van der Waals surface area contributed by atoms with Gasteiger partial charge in [0.1, 0.15) is 0 Å². The van der Waals surface area contributed by atoms with Gasteiger partial charge in [-0.15, -0.1) is 0 Å². The molecule has 0 unspecified atom stereocenters. The Morgan fingerprint density at radius 2 is 1.27 bits per heavy atom. The Hall–Kier alpha value is -3.46. The van der Waals surface area contributed by atoms with Gasteiger partial charge in [-0.3, -0.25) is 0 Å². The molecule has 0 radical (unpaired) electrons. The van der Waals surface area contributed by atoms with E-state index < -0.39 is 0 Å². The number of esters is 2. The van der Waals surface area contributed by atoms with E-state index in [0.717, 1.165) is 11.1 Å². The Morgan fingerprint density at radius 3 is 1.67 bits per heavy atom. The SMILES string of the molecule is COC(=O)c1ccc(C#CBr)cc1.COC(=O)c1ccc(C#CC#CC2CC2)cc1. The highest BCUT2D eigenvalue weighted by Crippen LogP contribution is 2.27. The van der Waals surface area contributed by atoms with Crippen LogP contribution in [0.5, 0.6) is 0 Å². The zero-order chi connectivity index (χ0) is 21.8. The van der Waals surface area contributed by atoms with Crippen molar-refractivity contribution < 1.29 is 19.1 Å². The molecule has 2 aromatic carbocycles. The Labute approximate surface area is 185 Å². The van der Waals surface area contributed by atoms with Crippen molar-refractivity contribution in [2.45, 2.75) is 12.8 Å². The zero-order valence-corrected chi connectivity index (χ0v) is 18.2. The number of benzene rings is 2. The normalized spacial score (nSPS) is 10.9. The number of halogens is 1. The number of ether oxygens (including phenoxy) is 2. The van der Waals surface area contributed by atoms with Gasteiger partial charge in [0, 0.05) is 33.0 Å². The first-order valence-corrected chi connectivity index (χ1v) is 9.86. The average Bonchev–Trinajstić information content (AvgIpc) is 3.62. The standard InChI is InChI=1S/C15H12O2.C10H7BrO2/c1-17-15(16)14-10-8-13(9-11-14)5-3-2-4-12-6-7-12;1-13-10(12)9-4-2-8(3-5-9)6-7-11/h8-12H,6-7H2,1H3;2-5H,1H3. The second kappa shape index (κ2) is 12.2. The monoisotopic (exact) mass is 462 g/mol. The lowest BCUT2D eigenvalue weighted by Gasteiger charge is -1.97. The molecule has 1 aliphatic carbocycles. The first-order chi connectivity index (χ1) is 14.6. The maximum atomic E-state index is 11.2. The third kappa shape index (κ3) is 7.88. The molecule has 0 spiro atoms. The fourth-order valence-corrected chi connectivity index (χ4v) is 2.37. The molecule has 4 nitrogen and oxygen atoms in total. The van der Waals surface area contributed by atoms with Gasteiger partial charge in [0.25, 0.3) is 0 Å². The minimum atomic E-state index is -0.335. The summed E-state index contributed by atoms with van der Waals surface area (Å²) in [6, 6.07) is 13.9. The highest BCUT2D eigenvalue weighted by Gasteiger charge is 2.17. The maximum absolute atomic E-state index is 11.2. The number of hydrogen-bond acceptors (Lipinski definition) is 4. The Bertz CT molecular complexity index is 1060. The first kappa shape index (κ1) is 22.8. The number of hydrogen-bond donors (Lipinski definition) is 0. The van der Waals surface area contributed by atoms with Crippen molar-refractivity contribution in [2.24, 2.45) is 5.92 Å². The predicted octanol–water partition coefficient (Wildman–Crippen LogP) is 4.42. The van der Waals surface area contributed by atoms with Crippen molar-refractivity contribution in [3.63, 3.8) is 0 Å². The van der Waals surface area contributed by atoms with Gasteiger partial charge < -0.3 is 9.47 Å². The van der Waals surface area contributed by atoms with Gasteiger partial charge in [-0.2, -0.15) is 0 Å². The molecule has 0 saturated heterocycles. The summed E-state index contributed by atoms with van der Waals surface area (Å²) in [4.78, 5) is 24.8. The summed E-state index contributed by atoms with van der Waals surface area (Å²) in [6.07, 6.45) is 2.42. The van der Waals surface area contributed by atoms with E-state index in [1.54, 1.807) is 48.5 Å². The van der Waals surface area contributed by atoms with Crippen molar-refractivity contribution in [2.75, 3.05) is 14.2 Å². The molecule has 150 valence electrons. The van der Waals surface area contributed by atoms with Crippen LogP contribution in [0.2, 0.25) is 0 Å². The molecule has 0 bridgehead atoms. The van der Waals surface area contributed by atoms with E-state index in [2.05, 4.69) is 59.8 Å². The number of rotatable bonds is 2. The highest BCUT2D eigenvalue weighted by atomic mass is 79.9. The van der Waals surface area contributed by atoms with Gasteiger partial charge in [0.2, 0.25) is 0 Å². The molecule has 5 heteroatoms. The van der Waals surface area contributed by atoms with Crippen molar-refractivity contribution in [3.05, 3.63) is 70.8 Å². The zero-order valence-electron chi connectivity index (χ0n) is 16.6. The summed E-state index contributed by atoms with van der Waals surface area (Å²) >= 11 is 2.99. The van der Waals surface area contributed by atoms with E-state index >= 15 is 0 Å². The lowest BCUT2D eigenvalue weighted by Crippen LogP contribution is -2.00. The van der Waals surface area contributed by atoms with Crippen LogP contribution in [0.3, 0.4) is 0 Å². The predicted molar refractivity (Wildman–Crippen MR) is 119 cm³/mol. The molecular formula is C25H19BrO4. The summed E-state index contributed by atoms with van der Waals surface area (Å²) < 4.78 is 9.16. The molecule has 3 rings (SSSR count). The van der Waals surface area contributed by atoms with Crippen LogP contribution in [0.25, 0.3) is 0 Å². The molecule has 30 heavy (non-hydrogen) atoms. The van der Waals surface area contributed by atoms with Crippen LogP contribution in [0.1, 0.15) is 44.7 Å². The largest absolute Gasteiger partial charge is 0.465 e. The fraction of sp³-hybridized carbons (Fsp3) is 0.200. The minimum absolute atomic E-state index is 0.335. The van der Waals surface area contributed by atoms with E-state index in [0.29, 0.717) is 17.0 Å². The number of carbonyl (C=O) groups is 2. The Morgan fingerprint density at radius 1 is 0.800 bits per heavy atom. The molecule has 1 saturated carbocycles. The minimum Gasteiger partial charge on any atom is -0.465 e. The van der Waals surface area contributed by atoms with E-state index in [-0.39, 0.29) is 11.9 Å². The van der Waals surface area contributed by atoms with Crippen molar-refractivity contribution in [3.8, 4) is 34.4 Å². The van der Waals surface area contributed by atoms with Crippen molar-refractivity contribution >= 4 is 27.9 Å². The Kier molecular flexibility index (Phi) is 9.26. The van der Waals surface area contributed by atoms with Crippen LogP contribution in [-0.2, 0) is 9.47 Å².